The van der Waals surface area contributed by atoms with E-state index in [-0.39, 0.29) is 11.7 Å². The van der Waals surface area contributed by atoms with Crippen LogP contribution in [0.25, 0.3) is 10.2 Å². The third-order valence-electron chi connectivity index (χ3n) is 4.14. The number of aromatic nitrogens is 1. The molecule has 3 aromatic rings. The number of amides is 1. The van der Waals surface area contributed by atoms with Gasteiger partial charge in [0.05, 0.1) is 10.2 Å². The molecule has 0 aliphatic heterocycles. The molecule has 0 unspecified atom stereocenters. The van der Waals surface area contributed by atoms with Crippen molar-refractivity contribution in [1.82, 2.24) is 9.88 Å². The number of thiazole rings is 1. The molecular weight excluding hydrogens is 381 g/mol. The van der Waals surface area contributed by atoms with Crippen molar-refractivity contribution >= 4 is 44.4 Å². The molecule has 3 rings (SSSR count). The first kappa shape index (κ1) is 19.8. The summed E-state index contributed by atoms with van der Waals surface area (Å²) >= 11 is 2.98. The van der Waals surface area contributed by atoms with E-state index < -0.39 is 0 Å². The normalized spacial score (nSPS) is 11.3. The van der Waals surface area contributed by atoms with Gasteiger partial charge in [0.25, 0.3) is 5.91 Å². The number of nitrogens with zero attached hydrogens (tertiary/aromatic N) is 3. The van der Waals surface area contributed by atoms with Gasteiger partial charge in [-0.25, -0.2) is 9.37 Å². The van der Waals surface area contributed by atoms with Crippen LogP contribution >= 0.6 is 23.1 Å². The minimum atomic E-state index is -0.296. The third-order valence-corrected chi connectivity index (χ3v) is 5.92. The van der Waals surface area contributed by atoms with Crippen LogP contribution in [0.2, 0.25) is 0 Å². The van der Waals surface area contributed by atoms with E-state index in [1.54, 1.807) is 22.7 Å². The summed E-state index contributed by atoms with van der Waals surface area (Å²) in [4.78, 5) is 22.6. The molecular formula is C20H22FN3OS2. The maximum atomic E-state index is 13.5. The molecule has 0 aliphatic rings. The summed E-state index contributed by atoms with van der Waals surface area (Å²) in [6.45, 7) is 1.43. The fourth-order valence-electron chi connectivity index (χ4n) is 2.72. The lowest BCUT2D eigenvalue weighted by molar-refractivity contribution is 0.0986. The minimum absolute atomic E-state index is 0.0825. The first-order valence-corrected chi connectivity index (χ1v) is 10.7. The van der Waals surface area contributed by atoms with E-state index in [9.17, 15) is 9.18 Å². The average molecular weight is 404 g/mol. The molecule has 0 radical (unpaired) electrons. The molecule has 0 aliphatic carbocycles. The van der Waals surface area contributed by atoms with Crippen LogP contribution in [0.4, 0.5) is 9.52 Å². The molecule has 1 aromatic heterocycles. The van der Waals surface area contributed by atoms with Crippen molar-refractivity contribution in [3.8, 4) is 0 Å². The molecule has 0 saturated carbocycles. The molecule has 142 valence electrons. The van der Waals surface area contributed by atoms with Gasteiger partial charge in [0.2, 0.25) is 0 Å². The highest BCUT2D eigenvalue weighted by Gasteiger charge is 2.21. The molecule has 1 amide bonds. The van der Waals surface area contributed by atoms with Crippen LogP contribution in [-0.2, 0) is 0 Å². The zero-order valence-electron chi connectivity index (χ0n) is 15.6. The van der Waals surface area contributed by atoms with E-state index in [0.29, 0.717) is 22.8 Å². The van der Waals surface area contributed by atoms with Crippen LogP contribution in [0.3, 0.4) is 0 Å². The van der Waals surface area contributed by atoms with E-state index in [1.165, 1.54) is 23.5 Å². The molecule has 4 nitrogen and oxygen atoms in total. The molecule has 27 heavy (non-hydrogen) atoms. The lowest BCUT2D eigenvalue weighted by Gasteiger charge is -2.21. The van der Waals surface area contributed by atoms with Gasteiger partial charge >= 0.3 is 0 Å². The zero-order valence-corrected chi connectivity index (χ0v) is 17.2. The van der Waals surface area contributed by atoms with E-state index in [1.807, 2.05) is 44.6 Å². The SMILES string of the molecule is CSc1ccc(C(=O)N(CCCN(C)C)c2nc3ccc(F)cc3s2)cc1. The Morgan fingerprint density at radius 1 is 1.15 bits per heavy atom. The van der Waals surface area contributed by atoms with Crippen molar-refractivity contribution in [1.29, 1.82) is 0 Å². The highest BCUT2D eigenvalue weighted by molar-refractivity contribution is 7.98. The monoisotopic (exact) mass is 403 g/mol. The van der Waals surface area contributed by atoms with Crippen LogP contribution in [-0.4, -0.2) is 49.2 Å². The second-order valence-electron chi connectivity index (χ2n) is 6.45. The number of hydrogen-bond acceptors (Lipinski definition) is 5. The number of carbonyl (C=O) groups is 1. The van der Waals surface area contributed by atoms with Gasteiger partial charge in [-0.3, -0.25) is 9.69 Å². The summed E-state index contributed by atoms with van der Waals surface area (Å²) in [6.07, 6.45) is 2.83. The topological polar surface area (TPSA) is 36.4 Å². The second kappa shape index (κ2) is 8.82. The highest BCUT2D eigenvalue weighted by Crippen LogP contribution is 2.30. The van der Waals surface area contributed by atoms with Gasteiger partial charge in [0.15, 0.2) is 5.13 Å². The summed E-state index contributed by atoms with van der Waals surface area (Å²) in [5.41, 5.74) is 1.34. The van der Waals surface area contributed by atoms with Gasteiger partial charge in [-0.15, -0.1) is 11.8 Å². The van der Waals surface area contributed by atoms with Crippen molar-refractivity contribution in [3.05, 3.63) is 53.8 Å². The number of rotatable bonds is 7. The lowest BCUT2D eigenvalue weighted by Crippen LogP contribution is -2.33. The minimum Gasteiger partial charge on any atom is -0.309 e. The number of halogens is 1. The van der Waals surface area contributed by atoms with Crippen LogP contribution in [0, 0.1) is 5.82 Å². The fourth-order valence-corrected chi connectivity index (χ4v) is 4.14. The summed E-state index contributed by atoms with van der Waals surface area (Å²) in [6, 6.07) is 12.1. The number of carbonyl (C=O) groups excluding carboxylic acids is 1. The number of benzene rings is 2. The quantitative estimate of drug-likeness (QED) is 0.533. The molecule has 0 spiro atoms. The Morgan fingerprint density at radius 2 is 1.89 bits per heavy atom. The van der Waals surface area contributed by atoms with E-state index in [4.69, 9.17) is 0 Å². The standard InChI is InChI=1S/C20H22FN3OS2/c1-23(2)11-4-12-24(19(25)14-5-8-16(26-3)9-6-14)20-22-17-10-7-15(21)13-18(17)27-20/h5-10,13H,4,11-12H2,1-3H3. The Morgan fingerprint density at radius 3 is 2.56 bits per heavy atom. The van der Waals surface area contributed by atoms with Crippen LogP contribution in [0.5, 0.6) is 0 Å². The fraction of sp³-hybridized carbons (Fsp3) is 0.300. The number of thioether (sulfide) groups is 1. The smallest absolute Gasteiger partial charge is 0.260 e. The van der Waals surface area contributed by atoms with Crippen molar-refractivity contribution < 1.29 is 9.18 Å². The Balaban J connectivity index is 1.91. The molecule has 0 N–H and O–H groups in total. The first-order chi connectivity index (χ1) is 13.0. The molecule has 0 bridgehead atoms. The third kappa shape index (κ3) is 4.86. The predicted molar refractivity (Wildman–Crippen MR) is 113 cm³/mol. The van der Waals surface area contributed by atoms with Crippen molar-refractivity contribution in [3.63, 3.8) is 0 Å². The van der Waals surface area contributed by atoms with Crippen LogP contribution in [0.1, 0.15) is 16.8 Å². The predicted octanol–water partition coefficient (Wildman–Crippen LogP) is 4.76. The van der Waals surface area contributed by atoms with Gasteiger partial charge in [-0.1, -0.05) is 11.3 Å². The number of hydrogen-bond donors (Lipinski definition) is 0. The van der Waals surface area contributed by atoms with Gasteiger partial charge in [0.1, 0.15) is 5.82 Å². The molecule has 1 heterocycles. The van der Waals surface area contributed by atoms with E-state index >= 15 is 0 Å². The van der Waals surface area contributed by atoms with Gasteiger partial charge in [0, 0.05) is 17.0 Å². The van der Waals surface area contributed by atoms with Gasteiger partial charge < -0.3 is 4.90 Å². The molecule has 0 saturated heterocycles. The Hall–Kier alpha value is -1.96. The molecule has 7 heteroatoms. The largest absolute Gasteiger partial charge is 0.309 e. The van der Waals surface area contributed by atoms with E-state index in [0.717, 1.165) is 22.6 Å². The first-order valence-electron chi connectivity index (χ1n) is 8.64. The summed E-state index contributed by atoms with van der Waals surface area (Å²) in [5.74, 6) is -0.378. The highest BCUT2D eigenvalue weighted by atomic mass is 32.2. The zero-order chi connectivity index (χ0) is 19.4. The van der Waals surface area contributed by atoms with Gasteiger partial charge in [-0.05, 0) is 75.8 Å². The maximum Gasteiger partial charge on any atom is 0.260 e. The summed E-state index contributed by atoms with van der Waals surface area (Å²) in [5, 5.41) is 0.605. The second-order valence-corrected chi connectivity index (χ2v) is 8.34. The molecule has 0 fully saturated rings. The maximum absolute atomic E-state index is 13.5. The Bertz CT molecular complexity index is 925. The van der Waals surface area contributed by atoms with Crippen molar-refractivity contribution in [2.24, 2.45) is 0 Å². The number of anilines is 1. The molecule has 2 aromatic carbocycles. The van der Waals surface area contributed by atoms with Crippen molar-refractivity contribution in [2.45, 2.75) is 11.3 Å². The summed E-state index contributed by atoms with van der Waals surface area (Å²) < 4.78 is 14.3. The average Bonchev–Trinajstić information content (AvgIpc) is 3.07. The summed E-state index contributed by atoms with van der Waals surface area (Å²) in [7, 11) is 4.02. The lowest BCUT2D eigenvalue weighted by atomic mass is 10.2. The molecule has 0 atom stereocenters. The Kier molecular flexibility index (Phi) is 6.46. The van der Waals surface area contributed by atoms with Crippen LogP contribution < -0.4 is 4.90 Å². The Labute approximate surface area is 167 Å². The van der Waals surface area contributed by atoms with Crippen molar-refractivity contribution in [2.75, 3.05) is 38.3 Å². The van der Waals surface area contributed by atoms with E-state index in [2.05, 4.69) is 9.88 Å². The van der Waals surface area contributed by atoms with Gasteiger partial charge in [-0.2, -0.15) is 0 Å². The van der Waals surface area contributed by atoms with Crippen LogP contribution in [0.15, 0.2) is 47.4 Å². The number of fused-ring (bicyclic) bond motifs is 1.